The maximum Gasteiger partial charge on any atom is 0.159 e. The Morgan fingerprint density at radius 2 is 1.85 bits per heavy atom. The molecule has 2 aliphatic carbocycles. The summed E-state index contributed by atoms with van der Waals surface area (Å²) in [5.74, 6) is 1.08. The molecule has 1 aromatic carbocycles. The molecule has 8 heteroatoms. The Morgan fingerprint density at radius 3 is 2.50 bits per heavy atom. The lowest BCUT2D eigenvalue weighted by atomic mass is 9.68. The molecule has 3 fully saturated rings. The molecule has 2 N–H and O–H groups in total. The van der Waals surface area contributed by atoms with E-state index in [0.717, 1.165) is 56.2 Å². The Kier molecular flexibility index (Phi) is 4.78. The summed E-state index contributed by atoms with van der Waals surface area (Å²) in [6.45, 7) is 9.85. The number of fused-ring (bicyclic) bond motifs is 3. The van der Waals surface area contributed by atoms with Gasteiger partial charge in [0.2, 0.25) is 0 Å². The average molecular weight is 480 g/mol. The van der Waals surface area contributed by atoms with Crippen molar-refractivity contribution in [3.8, 4) is 11.4 Å². The minimum Gasteiger partial charge on any atom is -0.378 e. The van der Waals surface area contributed by atoms with Crippen LogP contribution < -0.4 is 10.2 Å². The van der Waals surface area contributed by atoms with Crippen molar-refractivity contribution in [3.63, 3.8) is 0 Å². The smallest absolute Gasteiger partial charge is 0.159 e. The van der Waals surface area contributed by atoms with Gasteiger partial charge in [0.25, 0.3) is 0 Å². The van der Waals surface area contributed by atoms with E-state index in [1.54, 1.807) is 6.20 Å². The summed E-state index contributed by atoms with van der Waals surface area (Å²) in [6, 6.07) is 8.41. The van der Waals surface area contributed by atoms with E-state index in [9.17, 15) is 4.79 Å². The molecule has 34 heavy (non-hydrogen) atoms. The number of rotatable bonds is 4. The zero-order chi connectivity index (χ0) is 23.7. The minimum atomic E-state index is -0.338. The molecular weight excluding hydrogens is 450 g/mol. The first kappa shape index (κ1) is 21.9. The maximum atomic E-state index is 12.9. The number of benzene rings is 1. The van der Waals surface area contributed by atoms with Gasteiger partial charge >= 0.3 is 0 Å². The molecule has 3 aliphatic rings. The van der Waals surface area contributed by atoms with E-state index in [0.29, 0.717) is 28.4 Å². The van der Waals surface area contributed by atoms with Crippen molar-refractivity contribution in [2.45, 2.75) is 45.6 Å². The van der Waals surface area contributed by atoms with Gasteiger partial charge in [0.15, 0.2) is 5.65 Å². The highest BCUT2D eigenvalue weighted by Crippen LogP contribution is 2.66. The summed E-state index contributed by atoms with van der Waals surface area (Å²) in [7, 11) is 0. The van der Waals surface area contributed by atoms with Gasteiger partial charge in [-0.1, -0.05) is 32.4 Å². The number of aromatic amines is 1. The molecule has 0 radical (unpaired) electrons. The summed E-state index contributed by atoms with van der Waals surface area (Å²) in [5, 5.41) is 4.25. The Hall–Kier alpha value is -2.64. The van der Waals surface area contributed by atoms with Gasteiger partial charge in [0.1, 0.15) is 17.1 Å². The number of Topliss-reactive ketones (excluding diaryl/α,β-unsaturated/α-hetero) is 1. The lowest BCUT2D eigenvalue weighted by Crippen LogP contribution is -2.46. The molecule has 2 unspecified atom stereocenters. The molecule has 178 valence electrons. The van der Waals surface area contributed by atoms with Gasteiger partial charge in [-0.25, -0.2) is 9.97 Å². The SMILES string of the molecule is CC12CCC(Nc3c(Cl)cnc4[nH]c(-c5ccc(N6CCOCC6)cc5)nc34)(CC1=O)C2(C)C. The summed E-state index contributed by atoms with van der Waals surface area (Å²) in [4.78, 5) is 28.0. The Bertz CT molecular complexity index is 1280. The molecule has 2 atom stereocenters. The third-order valence-corrected chi connectivity index (χ3v) is 9.34. The quantitative estimate of drug-likeness (QED) is 0.544. The fraction of sp³-hybridized carbons (Fsp3) is 0.500. The highest BCUT2D eigenvalue weighted by Gasteiger charge is 2.69. The number of hydrogen-bond acceptors (Lipinski definition) is 6. The molecule has 0 amide bonds. The Morgan fingerprint density at radius 1 is 1.12 bits per heavy atom. The molecule has 3 aromatic rings. The molecule has 2 saturated carbocycles. The number of nitrogens with zero attached hydrogens (tertiary/aromatic N) is 3. The van der Waals surface area contributed by atoms with Gasteiger partial charge in [-0.3, -0.25) is 4.79 Å². The number of H-pyrrole nitrogens is 1. The van der Waals surface area contributed by atoms with Crippen LogP contribution in [0.15, 0.2) is 30.5 Å². The molecule has 0 spiro atoms. The lowest BCUT2D eigenvalue weighted by molar-refractivity contribution is -0.128. The number of nitrogens with one attached hydrogen (secondary N) is 2. The van der Waals surface area contributed by atoms with Crippen molar-refractivity contribution >= 4 is 39.9 Å². The van der Waals surface area contributed by atoms with Crippen molar-refractivity contribution in [1.29, 1.82) is 0 Å². The molecule has 3 heterocycles. The number of hydrogen-bond donors (Lipinski definition) is 2. The van der Waals surface area contributed by atoms with Gasteiger partial charge < -0.3 is 19.9 Å². The van der Waals surface area contributed by atoms with Gasteiger partial charge in [-0.2, -0.15) is 0 Å². The van der Waals surface area contributed by atoms with Crippen molar-refractivity contribution < 1.29 is 9.53 Å². The fourth-order valence-corrected chi connectivity index (χ4v) is 6.41. The van der Waals surface area contributed by atoms with Crippen LogP contribution >= 0.6 is 11.6 Å². The van der Waals surface area contributed by atoms with E-state index in [-0.39, 0.29) is 16.4 Å². The molecule has 1 saturated heterocycles. The standard InChI is InChI=1S/C26H30ClN5O2/c1-24(2)25(3)8-9-26(24,14-19(25)33)31-20-18(27)15-28-23-21(20)29-22(30-23)16-4-6-17(7-5-16)32-10-12-34-13-11-32/h4-7,15H,8-14H2,1-3H3,(H2,28,29,30,31). The van der Waals surface area contributed by atoms with Crippen molar-refractivity contribution in [3.05, 3.63) is 35.5 Å². The van der Waals surface area contributed by atoms with Crippen LogP contribution in [-0.4, -0.2) is 52.6 Å². The monoisotopic (exact) mass is 479 g/mol. The van der Waals surface area contributed by atoms with Crippen LogP contribution in [0.1, 0.15) is 40.0 Å². The first-order valence-electron chi connectivity index (χ1n) is 12.0. The second-order valence-corrected chi connectivity index (χ2v) is 11.1. The van der Waals surface area contributed by atoms with Crippen LogP contribution in [-0.2, 0) is 9.53 Å². The number of aromatic nitrogens is 3. The van der Waals surface area contributed by atoms with Crippen LogP contribution in [0, 0.1) is 10.8 Å². The number of imidazole rings is 1. The van der Waals surface area contributed by atoms with Gasteiger partial charge in [-0.15, -0.1) is 0 Å². The number of ether oxygens (including phenoxy) is 1. The van der Waals surface area contributed by atoms with Gasteiger partial charge in [-0.05, 0) is 37.1 Å². The summed E-state index contributed by atoms with van der Waals surface area (Å²) < 4.78 is 5.46. The zero-order valence-electron chi connectivity index (χ0n) is 19.9. The van der Waals surface area contributed by atoms with Crippen molar-refractivity contribution in [2.75, 3.05) is 36.5 Å². The summed E-state index contributed by atoms with van der Waals surface area (Å²) in [5.41, 5.74) is 3.48. The van der Waals surface area contributed by atoms with E-state index in [1.807, 2.05) is 0 Å². The van der Waals surface area contributed by atoms with Crippen LogP contribution in [0.5, 0.6) is 0 Å². The number of ketones is 1. The number of carbonyl (C=O) groups excluding carboxylic acids is 1. The fourth-order valence-electron chi connectivity index (χ4n) is 6.22. The minimum absolute atomic E-state index is 0.190. The van der Waals surface area contributed by atoms with E-state index < -0.39 is 0 Å². The number of morpholine rings is 1. The summed E-state index contributed by atoms with van der Waals surface area (Å²) >= 11 is 6.66. The van der Waals surface area contributed by atoms with Crippen LogP contribution in [0.3, 0.4) is 0 Å². The predicted octanol–water partition coefficient (Wildman–Crippen LogP) is 5.06. The second kappa shape index (κ2) is 7.43. The predicted molar refractivity (Wildman–Crippen MR) is 134 cm³/mol. The Balaban J connectivity index is 1.35. The topological polar surface area (TPSA) is 83.1 Å². The first-order valence-corrected chi connectivity index (χ1v) is 12.4. The Labute approximate surface area is 204 Å². The molecule has 2 bridgehead atoms. The zero-order valence-corrected chi connectivity index (χ0v) is 20.6. The highest BCUT2D eigenvalue weighted by molar-refractivity contribution is 6.34. The van der Waals surface area contributed by atoms with E-state index >= 15 is 0 Å². The normalized spacial score (nSPS) is 28.1. The van der Waals surface area contributed by atoms with Crippen molar-refractivity contribution in [2.24, 2.45) is 10.8 Å². The third kappa shape index (κ3) is 2.96. The number of anilines is 2. The molecule has 6 rings (SSSR count). The third-order valence-electron chi connectivity index (χ3n) is 9.05. The second-order valence-electron chi connectivity index (χ2n) is 10.7. The molecule has 1 aliphatic heterocycles. The van der Waals surface area contributed by atoms with Crippen LogP contribution in [0.25, 0.3) is 22.6 Å². The van der Waals surface area contributed by atoms with Crippen LogP contribution in [0.4, 0.5) is 11.4 Å². The highest BCUT2D eigenvalue weighted by atomic mass is 35.5. The van der Waals surface area contributed by atoms with Gasteiger partial charge in [0.05, 0.1) is 35.7 Å². The first-order chi connectivity index (χ1) is 16.2. The van der Waals surface area contributed by atoms with E-state index in [2.05, 4.69) is 65.2 Å². The van der Waals surface area contributed by atoms with Crippen LogP contribution in [0.2, 0.25) is 5.02 Å². The average Bonchev–Trinajstić information content (AvgIpc) is 3.40. The number of halogens is 1. The molecular formula is C26H30ClN5O2. The molecule has 7 nitrogen and oxygen atoms in total. The van der Waals surface area contributed by atoms with E-state index in [1.165, 1.54) is 5.69 Å². The lowest BCUT2D eigenvalue weighted by Gasteiger charge is -2.41. The van der Waals surface area contributed by atoms with E-state index in [4.69, 9.17) is 21.3 Å². The largest absolute Gasteiger partial charge is 0.378 e. The number of carbonyl (C=O) groups is 1. The summed E-state index contributed by atoms with van der Waals surface area (Å²) in [6.07, 6.45) is 3.99. The van der Waals surface area contributed by atoms with Gasteiger partial charge in [0, 0.05) is 41.6 Å². The number of pyridine rings is 1. The van der Waals surface area contributed by atoms with Crippen molar-refractivity contribution in [1.82, 2.24) is 15.0 Å². The molecule has 2 aromatic heterocycles. The maximum absolute atomic E-state index is 12.9.